The molecule has 3 aromatic carbocycles. The number of para-hydroxylation sites is 3. The molecule has 0 spiro atoms. The Kier molecular flexibility index (Phi) is 38.7. The summed E-state index contributed by atoms with van der Waals surface area (Å²) in [4.78, 5) is 31.8. The minimum atomic E-state index is -2.82. The zero-order valence-electron chi connectivity index (χ0n) is 35.4. The van der Waals surface area contributed by atoms with Gasteiger partial charge in [0.25, 0.3) is 0 Å². The van der Waals surface area contributed by atoms with Crippen molar-refractivity contribution in [2.75, 3.05) is 0 Å². The molecule has 0 aliphatic heterocycles. The fourth-order valence-corrected chi connectivity index (χ4v) is 7.47. The summed E-state index contributed by atoms with van der Waals surface area (Å²) in [5.74, 6) is 1.43. The van der Waals surface area contributed by atoms with Gasteiger partial charge in [-0.15, -0.1) is 0 Å². The molecular formula is C45H69NdO9P3+3. The van der Waals surface area contributed by atoms with Gasteiger partial charge < -0.3 is 14.7 Å². The first-order valence-corrected chi connectivity index (χ1v) is 24.7. The summed E-state index contributed by atoms with van der Waals surface area (Å²) in [5, 5.41) is 0. The van der Waals surface area contributed by atoms with E-state index in [1.807, 2.05) is 36.4 Å². The van der Waals surface area contributed by atoms with Gasteiger partial charge in [0, 0.05) is 16.7 Å². The molecule has 3 aromatic rings. The maximum atomic E-state index is 10.6. The van der Waals surface area contributed by atoms with Gasteiger partial charge in [-0.3, -0.25) is 13.6 Å². The van der Waals surface area contributed by atoms with E-state index in [1.165, 1.54) is 116 Å². The SMILES string of the molecule is CCCCCCCCCc1ccccc1O[P+](=O)[O-].CCCCCCCCCc1ccccc1O[P+](=O)[O-].CCCCCCCCCc1ccccc1O[P+](=O)[O-].[Nd+3]. The van der Waals surface area contributed by atoms with Crippen molar-refractivity contribution in [1.29, 1.82) is 0 Å². The summed E-state index contributed by atoms with van der Waals surface area (Å²) in [6.45, 7) is 6.66. The maximum absolute atomic E-state index is 10.6. The molecule has 0 heterocycles. The van der Waals surface area contributed by atoms with Gasteiger partial charge in [0.05, 0.1) is 0 Å². The molecule has 58 heavy (non-hydrogen) atoms. The number of aryl methyl sites for hydroxylation is 3. The molecule has 9 nitrogen and oxygen atoms in total. The molecule has 0 bridgehead atoms. The van der Waals surface area contributed by atoms with Crippen molar-refractivity contribution in [2.45, 2.75) is 175 Å². The van der Waals surface area contributed by atoms with Crippen LogP contribution < -0.4 is 28.3 Å². The summed E-state index contributed by atoms with van der Waals surface area (Å²) in [6.07, 6.45) is 29.0. The normalized spacial score (nSPS) is 11.2. The Labute approximate surface area is 386 Å². The van der Waals surface area contributed by atoms with Crippen LogP contribution in [0.4, 0.5) is 0 Å². The van der Waals surface area contributed by atoms with Gasteiger partial charge in [0.2, 0.25) is 0 Å². The van der Waals surface area contributed by atoms with E-state index < -0.39 is 24.8 Å². The average Bonchev–Trinajstić information content (AvgIpc) is 3.18. The Morgan fingerprint density at radius 3 is 0.793 bits per heavy atom. The third-order valence-electron chi connectivity index (χ3n) is 9.59. The van der Waals surface area contributed by atoms with Gasteiger partial charge in [0.15, 0.2) is 17.2 Å². The van der Waals surface area contributed by atoms with E-state index in [4.69, 9.17) is 13.6 Å². The predicted molar refractivity (Wildman–Crippen MR) is 229 cm³/mol. The van der Waals surface area contributed by atoms with Crippen LogP contribution >= 0.6 is 24.8 Å². The molecule has 0 aliphatic carbocycles. The first kappa shape index (κ1) is 56.6. The van der Waals surface area contributed by atoms with Gasteiger partial charge >= 0.3 is 65.6 Å². The van der Waals surface area contributed by atoms with Gasteiger partial charge in [-0.25, -0.2) is 0 Å². The molecule has 0 aliphatic rings. The van der Waals surface area contributed by atoms with Crippen LogP contribution in [0.1, 0.15) is 172 Å². The smallest absolute Gasteiger partial charge is 0.558 e. The molecule has 0 saturated carbocycles. The standard InChI is InChI=1S/3C15H23O3P.Nd/c3*1-2-3-4-5-6-7-8-11-14-12-9-10-13-15(14)18-19(16)17;/h3*9-10,12-13H,2-8,11H2,1H3;/q;;;+3. The van der Waals surface area contributed by atoms with Crippen molar-refractivity contribution < 1.29 is 82.8 Å². The van der Waals surface area contributed by atoms with Crippen LogP contribution in [-0.4, -0.2) is 0 Å². The Hall–Kier alpha value is -1.41. The van der Waals surface area contributed by atoms with E-state index in [2.05, 4.69) is 20.8 Å². The van der Waals surface area contributed by atoms with Crippen LogP contribution in [0.15, 0.2) is 72.8 Å². The molecule has 0 aromatic heterocycles. The van der Waals surface area contributed by atoms with E-state index in [0.29, 0.717) is 17.2 Å². The van der Waals surface area contributed by atoms with Gasteiger partial charge in [-0.1, -0.05) is 191 Å². The molecule has 1 radical (unpaired) electrons. The molecule has 0 fully saturated rings. The number of rotatable bonds is 30. The number of unbranched alkanes of at least 4 members (excludes halogenated alkanes) is 18. The quantitative estimate of drug-likeness (QED) is 0.0470. The second-order valence-electron chi connectivity index (χ2n) is 14.4. The van der Waals surface area contributed by atoms with Crippen molar-refractivity contribution in [2.24, 2.45) is 0 Å². The Morgan fingerprint density at radius 2 is 0.569 bits per heavy atom. The van der Waals surface area contributed by atoms with Gasteiger partial charge in [0.1, 0.15) is 0 Å². The van der Waals surface area contributed by atoms with Crippen LogP contribution in [0, 0.1) is 40.8 Å². The molecule has 0 saturated heterocycles. The number of hydrogen-bond donors (Lipinski definition) is 0. The second kappa shape index (κ2) is 39.7. The monoisotopic (exact) mass is 988 g/mol. The summed E-state index contributed by atoms with van der Waals surface area (Å²) in [6, 6.07) is 22.1. The van der Waals surface area contributed by atoms with Crippen LogP contribution in [0.25, 0.3) is 0 Å². The number of hydrogen-bond acceptors (Lipinski definition) is 9. The Balaban J connectivity index is 0.000000833. The summed E-state index contributed by atoms with van der Waals surface area (Å²) in [7, 11) is -8.46. The van der Waals surface area contributed by atoms with Crippen molar-refractivity contribution in [3.8, 4) is 17.2 Å². The summed E-state index contributed by atoms with van der Waals surface area (Å²) < 4.78 is 46.3. The van der Waals surface area contributed by atoms with Crippen LogP contribution in [-0.2, 0) is 33.0 Å². The topological polar surface area (TPSA) is 148 Å². The largest absolute Gasteiger partial charge is 3.00 e. The third kappa shape index (κ3) is 31.5. The van der Waals surface area contributed by atoms with E-state index in [0.717, 1.165) is 55.2 Å². The van der Waals surface area contributed by atoms with E-state index in [1.54, 1.807) is 36.4 Å². The Morgan fingerprint density at radius 1 is 0.362 bits per heavy atom. The first-order valence-electron chi connectivity index (χ1n) is 21.4. The molecule has 0 N–H and O–H groups in total. The minimum Gasteiger partial charge on any atom is -0.558 e. The van der Waals surface area contributed by atoms with Crippen LogP contribution in [0.5, 0.6) is 17.2 Å². The fourth-order valence-electron chi connectivity index (χ4n) is 6.46. The van der Waals surface area contributed by atoms with Crippen LogP contribution in [0.2, 0.25) is 0 Å². The van der Waals surface area contributed by atoms with Gasteiger partial charge in [-0.2, -0.15) is 0 Å². The van der Waals surface area contributed by atoms with E-state index in [9.17, 15) is 28.4 Å². The molecule has 3 rings (SSSR count). The van der Waals surface area contributed by atoms with Crippen LogP contribution in [0.3, 0.4) is 0 Å². The van der Waals surface area contributed by atoms with Crippen molar-refractivity contribution in [1.82, 2.24) is 0 Å². The average molecular weight is 991 g/mol. The van der Waals surface area contributed by atoms with E-state index in [-0.39, 0.29) is 40.8 Å². The number of benzene rings is 3. The Bertz CT molecular complexity index is 1320. The summed E-state index contributed by atoms with van der Waals surface area (Å²) in [5.41, 5.74) is 2.95. The molecule has 3 atom stereocenters. The van der Waals surface area contributed by atoms with E-state index >= 15 is 0 Å². The molecular weight excluding hydrogens is 922 g/mol. The summed E-state index contributed by atoms with van der Waals surface area (Å²) >= 11 is 0. The predicted octanol–water partition coefficient (Wildman–Crippen LogP) is 13.1. The van der Waals surface area contributed by atoms with Crippen molar-refractivity contribution in [3.05, 3.63) is 89.5 Å². The zero-order chi connectivity index (χ0) is 41.8. The van der Waals surface area contributed by atoms with Gasteiger partial charge in [-0.05, 0) is 70.4 Å². The van der Waals surface area contributed by atoms with Crippen molar-refractivity contribution in [3.63, 3.8) is 0 Å². The molecule has 319 valence electrons. The molecule has 0 amide bonds. The maximum Gasteiger partial charge on any atom is 3.00 e. The first-order chi connectivity index (χ1) is 27.7. The third-order valence-corrected chi connectivity index (χ3v) is 10.6. The second-order valence-corrected chi connectivity index (χ2v) is 16.3. The van der Waals surface area contributed by atoms with Crippen molar-refractivity contribution >= 4 is 24.8 Å². The fraction of sp³-hybridized carbons (Fsp3) is 0.600. The zero-order valence-corrected chi connectivity index (χ0v) is 41.3. The molecule has 13 heteroatoms. The molecule has 3 unspecified atom stereocenters. The minimum absolute atomic E-state index is 0.